The molecule has 8 heteroatoms. The van der Waals surface area contributed by atoms with Crippen LogP contribution in [0, 0.1) is 24.0 Å². The van der Waals surface area contributed by atoms with Crippen molar-refractivity contribution in [1.82, 2.24) is 9.78 Å². The number of nitrogens with one attached hydrogen (secondary N) is 1. The van der Waals surface area contributed by atoms with Crippen LogP contribution < -0.4 is 5.32 Å². The molecule has 0 atom stereocenters. The number of hydrogen-bond donors (Lipinski definition) is 1. The summed E-state index contributed by atoms with van der Waals surface area (Å²) in [5, 5.41) is 17.9. The molecule has 0 radical (unpaired) electrons. The summed E-state index contributed by atoms with van der Waals surface area (Å²) < 4.78 is 2.53. The fraction of sp³-hybridized carbons (Fsp3) is 0.333. The molecule has 0 bridgehead atoms. The molecule has 1 heterocycles. The van der Waals surface area contributed by atoms with E-state index in [1.54, 1.807) is 18.5 Å². The van der Waals surface area contributed by atoms with Gasteiger partial charge in [-0.3, -0.25) is 19.6 Å². The van der Waals surface area contributed by atoms with Gasteiger partial charge < -0.3 is 5.32 Å². The Labute approximate surface area is 142 Å². The lowest BCUT2D eigenvalue weighted by Gasteiger charge is -2.06. The molecule has 1 aromatic carbocycles. The molecule has 23 heavy (non-hydrogen) atoms. The van der Waals surface area contributed by atoms with E-state index in [4.69, 9.17) is 0 Å². The van der Waals surface area contributed by atoms with Crippen molar-refractivity contribution in [2.45, 2.75) is 33.2 Å². The molecule has 1 aromatic heterocycles. The minimum atomic E-state index is -0.422. The summed E-state index contributed by atoms with van der Waals surface area (Å²) in [4.78, 5) is 22.4. The SMILES string of the molecule is Cc1nn(CCCC(=O)Nc2ccc(Br)cc2)c(C)c1[N+](=O)[O-]. The lowest BCUT2D eigenvalue weighted by Crippen LogP contribution is -2.13. The average Bonchev–Trinajstić information content (AvgIpc) is 2.76. The number of anilines is 1. The van der Waals surface area contributed by atoms with Crippen LogP contribution in [0.4, 0.5) is 11.4 Å². The van der Waals surface area contributed by atoms with E-state index >= 15 is 0 Å². The van der Waals surface area contributed by atoms with Crippen LogP contribution in [-0.2, 0) is 11.3 Å². The maximum absolute atomic E-state index is 11.9. The molecule has 0 spiro atoms. The molecule has 0 saturated heterocycles. The highest BCUT2D eigenvalue weighted by Gasteiger charge is 2.21. The molecule has 7 nitrogen and oxygen atoms in total. The van der Waals surface area contributed by atoms with Gasteiger partial charge in [0.05, 0.1) is 4.92 Å². The fourth-order valence-electron chi connectivity index (χ4n) is 2.32. The molecular weight excluding hydrogens is 364 g/mol. The van der Waals surface area contributed by atoms with Gasteiger partial charge in [-0.2, -0.15) is 5.10 Å². The standard InChI is InChI=1S/C15H17BrN4O3/c1-10-15(20(22)23)11(2)19(18-10)9-3-4-14(21)17-13-7-5-12(16)6-8-13/h5-8H,3-4,9H2,1-2H3,(H,17,21). The summed E-state index contributed by atoms with van der Waals surface area (Å²) in [5.74, 6) is -0.0941. The maximum atomic E-state index is 11.9. The molecule has 0 fully saturated rings. The van der Waals surface area contributed by atoms with Gasteiger partial charge in [-0.05, 0) is 44.5 Å². The van der Waals surface area contributed by atoms with Crippen molar-refractivity contribution >= 4 is 33.2 Å². The maximum Gasteiger partial charge on any atom is 0.312 e. The van der Waals surface area contributed by atoms with E-state index in [9.17, 15) is 14.9 Å². The zero-order chi connectivity index (χ0) is 17.0. The first-order chi connectivity index (χ1) is 10.9. The van der Waals surface area contributed by atoms with Crippen molar-refractivity contribution in [2.24, 2.45) is 0 Å². The predicted molar refractivity (Wildman–Crippen MR) is 90.4 cm³/mol. The van der Waals surface area contributed by atoms with E-state index in [0.29, 0.717) is 30.8 Å². The molecule has 0 saturated carbocycles. The Morgan fingerprint density at radius 2 is 2.00 bits per heavy atom. The van der Waals surface area contributed by atoms with Crippen molar-refractivity contribution in [2.75, 3.05) is 5.32 Å². The van der Waals surface area contributed by atoms with E-state index in [1.807, 2.05) is 24.3 Å². The van der Waals surface area contributed by atoms with Gasteiger partial charge in [0.15, 0.2) is 0 Å². The number of carbonyl (C=O) groups excluding carboxylic acids is 1. The molecule has 0 unspecified atom stereocenters. The zero-order valence-corrected chi connectivity index (χ0v) is 14.5. The Morgan fingerprint density at radius 1 is 1.35 bits per heavy atom. The summed E-state index contributed by atoms with van der Waals surface area (Å²) >= 11 is 3.33. The molecular formula is C15H17BrN4O3. The van der Waals surface area contributed by atoms with Gasteiger partial charge in [0.2, 0.25) is 5.91 Å². The van der Waals surface area contributed by atoms with Crippen LogP contribution in [0.5, 0.6) is 0 Å². The molecule has 2 aromatic rings. The van der Waals surface area contributed by atoms with Crippen LogP contribution in [0.2, 0.25) is 0 Å². The first kappa shape index (κ1) is 17.1. The van der Waals surface area contributed by atoms with Gasteiger partial charge in [-0.1, -0.05) is 15.9 Å². The molecule has 122 valence electrons. The van der Waals surface area contributed by atoms with E-state index in [2.05, 4.69) is 26.3 Å². The first-order valence-corrected chi connectivity index (χ1v) is 7.91. The van der Waals surface area contributed by atoms with Crippen molar-refractivity contribution in [1.29, 1.82) is 0 Å². The quantitative estimate of drug-likeness (QED) is 0.612. The van der Waals surface area contributed by atoms with E-state index in [1.165, 1.54) is 0 Å². The van der Waals surface area contributed by atoms with Gasteiger partial charge in [0.1, 0.15) is 11.4 Å². The largest absolute Gasteiger partial charge is 0.326 e. The average molecular weight is 381 g/mol. The van der Waals surface area contributed by atoms with Gasteiger partial charge in [0.25, 0.3) is 0 Å². The Kier molecular flexibility index (Phi) is 5.49. The lowest BCUT2D eigenvalue weighted by atomic mass is 10.2. The topological polar surface area (TPSA) is 90.1 Å². The third-order valence-corrected chi connectivity index (χ3v) is 3.96. The summed E-state index contributed by atoms with van der Waals surface area (Å²) in [6.07, 6.45) is 0.879. The number of rotatable bonds is 6. The van der Waals surface area contributed by atoms with Gasteiger partial charge in [-0.25, -0.2) is 0 Å². The second-order valence-corrected chi connectivity index (χ2v) is 6.07. The number of aryl methyl sites for hydroxylation is 2. The Morgan fingerprint density at radius 3 is 2.57 bits per heavy atom. The van der Waals surface area contributed by atoms with Gasteiger partial charge in [0, 0.05) is 23.1 Å². The molecule has 0 aliphatic carbocycles. The van der Waals surface area contributed by atoms with Crippen LogP contribution in [0.15, 0.2) is 28.7 Å². The molecule has 2 rings (SSSR count). The van der Waals surface area contributed by atoms with Crippen molar-refractivity contribution in [3.63, 3.8) is 0 Å². The summed E-state index contributed by atoms with van der Waals surface area (Å²) in [6.45, 7) is 3.75. The van der Waals surface area contributed by atoms with Crippen molar-refractivity contribution < 1.29 is 9.72 Å². The van der Waals surface area contributed by atoms with Crippen LogP contribution in [0.25, 0.3) is 0 Å². The summed E-state index contributed by atoms with van der Waals surface area (Å²) in [6, 6.07) is 7.33. The highest BCUT2D eigenvalue weighted by Crippen LogP contribution is 2.22. The number of nitro groups is 1. The smallest absolute Gasteiger partial charge is 0.312 e. The highest BCUT2D eigenvalue weighted by molar-refractivity contribution is 9.10. The highest BCUT2D eigenvalue weighted by atomic mass is 79.9. The first-order valence-electron chi connectivity index (χ1n) is 7.12. The predicted octanol–water partition coefficient (Wildman–Crippen LogP) is 3.59. The normalized spacial score (nSPS) is 10.6. The zero-order valence-electron chi connectivity index (χ0n) is 12.9. The second kappa shape index (κ2) is 7.36. The second-order valence-electron chi connectivity index (χ2n) is 5.16. The number of aromatic nitrogens is 2. The van der Waals surface area contributed by atoms with Gasteiger partial charge >= 0.3 is 5.69 Å². The van der Waals surface area contributed by atoms with Crippen LogP contribution in [0.3, 0.4) is 0 Å². The van der Waals surface area contributed by atoms with E-state index in [0.717, 1.165) is 10.2 Å². The number of benzene rings is 1. The van der Waals surface area contributed by atoms with Gasteiger partial charge in [-0.15, -0.1) is 0 Å². The fourth-order valence-corrected chi connectivity index (χ4v) is 2.58. The Hall–Kier alpha value is -2.22. The number of carbonyl (C=O) groups is 1. The third-order valence-electron chi connectivity index (χ3n) is 3.43. The minimum absolute atomic E-state index is 0.0457. The minimum Gasteiger partial charge on any atom is -0.326 e. The summed E-state index contributed by atoms with van der Waals surface area (Å²) in [7, 11) is 0. The monoisotopic (exact) mass is 380 g/mol. The number of nitrogens with zero attached hydrogens (tertiary/aromatic N) is 3. The van der Waals surface area contributed by atoms with Crippen LogP contribution in [0.1, 0.15) is 24.2 Å². The number of halogens is 1. The number of amides is 1. The summed E-state index contributed by atoms with van der Waals surface area (Å²) in [5.41, 5.74) is 1.69. The molecule has 0 aliphatic heterocycles. The lowest BCUT2D eigenvalue weighted by molar-refractivity contribution is -0.386. The van der Waals surface area contributed by atoms with Crippen LogP contribution >= 0.6 is 15.9 Å². The van der Waals surface area contributed by atoms with Crippen molar-refractivity contribution in [3.8, 4) is 0 Å². The van der Waals surface area contributed by atoms with Crippen molar-refractivity contribution in [3.05, 3.63) is 50.2 Å². The molecule has 1 N–H and O–H groups in total. The Bertz CT molecular complexity index is 725. The Balaban J connectivity index is 1.87. The van der Waals surface area contributed by atoms with E-state index in [-0.39, 0.29) is 11.6 Å². The number of hydrogen-bond acceptors (Lipinski definition) is 4. The van der Waals surface area contributed by atoms with Crippen LogP contribution in [-0.4, -0.2) is 20.6 Å². The third kappa shape index (κ3) is 4.38. The molecule has 1 amide bonds. The molecule has 0 aliphatic rings. The van der Waals surface area contributed by atoms with E-state index < -0.39 is 4.92 Å².